The van der Waals surface area contributed by atoms with Crippen LogP contribution >= 0.6 is 0 Å². The summed E-state index contributed by atoms with van der Waals surface area (Å²) in [7, 11) is 1.28. The SMILES string of the molecule is COC(=O)/C=C/c1ccc(C=O)c(O)c1. The van der Waals surface area contributed by atoms with Gasteiger partial charge in [-0.05, 0) is 23.8 Å². The maximum atomic E-state index is 10.8. The number of hydrogen-bond acceptors (Lipinski definition) is 4. The molecule has 0 bridgehead atoms. The van der Waals surface area contributed by atoms with Crippen LogP contribution in [0.3, 0.4) is 0 Å². The minimum Gasteiger partial charge on any atom is -0.507 e. The summed E-state index contributed by atoms with van der Waals surface area (Å²) in [6.07, 6.45) is 3.28. The van der Waals surface area contributed by atoms with Gasteiger partial charge in [0.15, 0.2) is 6.29 Å². The van der Waals surface area contributed by atoms with Gasteiger partial charge in [-0.2, -0.15) is 0 Å². The second kappa shape index (κ2) is 4.95. The van der Waals surface area contributed by atoms with Crippen molar-refractivity contribution in [2.45, 2.75) is 0 Å². The van der Waals surface area contributed by atoms with Gasteiger partial charge in [0.1, 0.15) is 5.75 Å². The molecule has 78 valence electrons. The molecule has 1 N–H and O–H groups in total. The largest absolute Gasteiger partial charge is 0.507 e. The van der Waals surface area contributed by atoms with Crippen molar-refractivity contribution in [1.82, 2.24) is 0 Å². The fraction of sp³-hybridized carbons (Fsp3) is 0.0909. The Hall–Kier alpha value is -2.10. The van der Waals surface area contributed by atoms with Crippen molar-refractivity contribution in [2.75, 3.05) is 7.11 Å². The van der Waals surface area contributed by atoms with Crippen molar-refractivity contribution in [3.63, 3.8) is 0 Å². The van der Waals surface area contributed by atoms with Crippen LogP contribution in [0.2, 0.25) is 0 Å². The number of aldehydes is 1. The Bertz CT molecular complexity index is 407. The van der Waals surface area contributed by atoms with Crippen LogP contribution in [0.1, 0.15) is 15.9 Å². The van der Waals surface area contributed by atoms with E-state index in [0.717, 1.165) is 0 Å². The standard InChI is InChI=1S/C11H10O4/c1-15-11(14)5-3-8-2-4-9(7-12)10(13)6-8/h2-7,13H,1H3/b5-3+. The lowest BCUT2D eigenvalue weighted by Crippen LogP contribution is -1.93. The van der Waals surface area contributed by atoms with E-state index < -0.39 is 5.97 Å². The molecule has 0 atom stereocenters. The molecule has 0 aliphatic heterocycles. The summed E-state index contributed by atoms with van der Waals surface area (Å²) in [6.45, 7) is 0. The molecule has 0 aliphatic rings. The molecule has 0 heterocycles. The number of phenols is 1. The van der Waals surface area contributed by atoms with Crippen molar-refractivity contribution in [2.24, 2.45) is 0 Å². The van der Waals surface area contributed by atoms with Gasteiger partial charge >= 0.3 is 5.97 Å². The monoisotopic (exact) mass is 206 g/mol. The van der Waals surface area contributed by atoms with Crippen molar-refractivity contribution in [3.8, 4) is 5.75 Å². The fourth-order valence-electron chi connectivity index (χ4n) is 0.996. The first-order chi connectivity index (χ1) is 7.17. The first-order valence-electron chi connectivity index (χ1n) is 4.21. The number of hydrogen-bond donors (Lipinski definition) is 1. The Labute approximate surface area is 86.8 Å². The highest BCUT2D eigenvalue weighted by molar-refractivity contribution is 5.87. The zero-order valence-electron chi connectivity index (χ0n) is 8.14. The molecule has 0 aliphatic carbocycles. The topological polar surface area (TPSA) is 63.6 Å². The predicted octanol–water partition coefficient (Wildman–Crippen LogP) is 1.39. The van der Waals surface area contributed by atoms with Gasteiger partial charge in [0.05, 0.1) is 12.7 Å². The summed E-state index contributed by atoms with van der Waals surface area (Å²) in [6, 6.07) is 4.48. The quantitative estimate of drug-likeness (QED) is 0.461. The number of methoxy groups -OCH3 is 1. The highest BCUT2D eigenvalue weighted by Gasteiger charge is 1.99. The predicted molar refractivity (Wildman–Crippen MR) is 54.5 cm³/mol. The Morgan fingerprint density at radius 1 is 1.47 bits per heavy atom. The smallest absolute Gasteiger partial charge is 0.330 e. The van der Waals surface area contributed by atoms with Crippen LogP contribution in [0, 0.1) is 0 Å². The van der Waals surface area contributed by atoms with Crippen molar-refractivity contribution >= 4 is 18.3 Å². The molecule has 0 unspecified atom stereocenters. The number of carbonyl (C=O) groups is 2. The maximum Gasteiger partial charge on any atom is 0.330 e. The first-order valence-corrected chi connectivity index (χ1v) is 4.21. The molecule has 4 heteroatoms. The highest BCUT2D eigenvalue weighted by atomic mass is 16.5. The minimum absolute atomic E-state index is 0.114. The highest BCUT2D eigenvalue weighted by Crippen LogP contribution is 2.17. The molecule has 0 saturated heterocycles. The van der Waals surface area contributed by atoms with Gasteiger partial charge in [-0.15, -0.1) is 0 Å². The first kappa shape index (κ1) is 11.0. The summed E-state index contributed by atoms with van der Waals surface area (Å²) < 4.78 is 4.40. The Morgan fingerprint density at radius 3 is 2.73 bits per heavy atom. The van der Waals surface area contributed by atoms with Gasteiger partial charge in [-0.25, -0.2) is 4.79 Å². The zero-order chi connectivity index (χ0) is 11.3. The second-order valence-corrected chi connectivity index (χ2v) is 2.79. The van der Waals surface area contributed by atoms with Crippen LogP contribution in [0.5, 0.6) is 5.75 Å². The molecule has 0 spiro atoms. The molecule has 1 aromatic rings. The average molecular weight is 206 g/mol. The van der Waals surface area contributed by atoms with E-state index in [0.29, 0.717) is 11.8 Å². The van der Waals surface area contributed by atoms with E-state index in [1.165, 1.54) is 31.4 Å². The summed E-state index contributed by atoms with van der Waals surface area (Å²) in [5, 5.41) is 9.33. The lowest BCUT2D eigenvalue weighted by Gasteiger charge is -1.98. The lowest BCUT2D eigenvalue weighted by molar-refractivity contribution is -0.134. The van der Waals surface area contributed by atoms with Gasteiger partial charge in [-0.1, -0.05) is 6.07 Å². The maximum absolute atomic E-state index is 10.8. The molecule has 15 heavy (non-hydrogen) atoms. The van der Waals surface area contributed by atoms with Crippen molar-refractivity contribution < 1.29 is 19.4 Å². The Kier molecular flexibility index (Phi) is 3.62. The average Bonchev–Trinajstić information content (AvgIpc) is 2.26. The molecule has 4 nitrogen and oxygen atoms in total. The van der Waals surface area contributed by atoms with Crippen molar-refractivity contribution in [1.29, 1.82) is 0 Å². The molecule has 0 saturated carbocycles. The van der Waals surface area contributed by atoms with E-state index >= 15 is 0 Å². The number of aromatic hydroxyl groups is 1. The van der Waals surface area contributed by atoms with Gasteiger partial charge < -0.3 is 9.84 Å². The van der Waals surface area contributed by atoms with Crippen LogP contribution in [0.15, 0.2) is 24.3 Å². The van der Waals surface area contributed by atoms with E-state index in [4.69, 9.17) is 0 Å². The van der Waals surface area contributed by atoms with E-state index in [9.17, 15) is 14.7 Å². The minimum atomic E-state index is -0.478. The number of carbonyl (C=O) groups excluding carboxylic acids is 2. The van der Waals surface area contributed by atoms with Crippen LogP contribution < -0.4 is 0 Å². The van der Waals surface area contributed by atoms with Crippen LogP contribution in [-0.4, -0.2) is 24.5 Å². The fourth-order valence-corrected chi connectivity index (χ4v) is 0.996. The molecule has 0 fully saturated rings. The van der Waals surface area contributed by atoms with Gasteiger partial charge in [0.25, 0.3) is 0 Å². The van der Waals surface area contributed by atoms with E-state index in [1.54, 1.807) is 6.07 Å². The van der Waals surface area contributed by atoms with E-state index in [-0.39, 0.29) is 11.3 Å². The third kappa shape index (κ3) is 2.95. The molecule has 0 radical (unpaired) electrons. The molecule has 0 aromatic heterocycles. The molecule has 1 rings (SSSR count). The number of ether oxygens (including phenoxy) is 1. The number of esters is 1. The summed E-state index contributed by atoms with van der Waals surface area (Å²) in [4.78, 5) is 21.2. The van der Waals surface area contributed by atoms with Gasteiger partial charge in [0.2, 0.25) is 0 Å². The summed E-state index contributed by atoms with van der Waals surface area (Å²) in [5.41, 5.74) is 0.828. The number of benzene rings is 1. The number of rotatable bonds is 3. The van der Waals surface area contributed by atoms with Gasteiger partial charge in [-0.3, -0.25) is 4.79 Å². The summed E-state index contributed by atoms with van der Waals surface area (Å²) >= 11 is 0. The van der Waals surface area contributed by atoms with E-state index in [2.05, 4.69) is 4.74 Å². The van der Waals surface area contributed by atoms with Crippen LogP contribution in [0.4, 0.5) is 0 Å². The van der Waals surface area contributed by atoms with E-state index in [1.807, 2.05) is 0 Å². The molecule has 0 amide bonds. The second-order valence-electron chi connectivity index (χ2n) is 2.79. The molecular weight excluding hydrogens is 196 g/mol. The normalized spacial score (nSPS) is 10.2. The molecular formula is C11H10O4. The third-order valence-corrected chi connectivity index (χ3v) is 1.79. The Balaban J connectivity index is 2.88. The van der Waals surface area contributed by atoms with Gasteiger partial charge in [0, 0.05) is 6.08 Å². The lowest BCUT2D eigenvalue weighted by atomic mass is 10.1. The molecule has 1 aromatic carbocycles. The number of phenolic OH excluding ortho intramolecular Hbond substituents is 1. The zero-order valence-corrected chi connectivity index (χ0v) is 8.14. The van der Waals surface area contributed by atoms with Crippen molar-refractivity contribution in [3.05, 3.63) is 35.4 Å². The van der Waals surface area contributed by atoms with Crippen LogP contribution in [0.25, 0.3) is 6.08 Å². The Morgan fingerprint density at radius 2 is 2.20 bits per heavy atom. The third-order valence-electron chi connectivity index (χ3n) is 1.79. The summed E-state index contributed by atoms with van der Waals surface area (Å²) in [5.74, 6) is -0.592. The van der Waals surface area contributed by atoms with Crippen LogP contribution in [-0.2, 0) is 9.53 Å².